The number of esters is 1. The number of carbonyl (C=O) groups is 2. The van der Waals surface area contributed by atoms with E-state index in [2.05, 4.69) is 94.9 Å². The molecule has 1 unspecified atom stereocenters. The Morgan fingerprint density at radius 2 is 1.53 bits per heavy atom. The molecule has 0 radical (unpaired) electrons. The van der Waals surface area contributed by atoms with Crippen LogP contribution in [0.1, 0.15) is 145 Å². The molecule has 2 aromatic heterocycles. The minimum atomic E-state index is -2.22. The first-order valence-electron chi connectivity index (χ1n) is 20.0. The number of fused-ring (bicyclic) bond motifs is 1. The molecule has 3 rings (SSSR count). The molecule has 1 aliphatic heterocycles. The van der Waals surface area contributed by atoms with Gasteiger partial charge in [0.05, 0.1) is 25.6 Å². The number of rotatable bonds is 21. The van der Waals surface area contributed by atoms with Crippen molar-refractivity contribution in [2.45, 2.75) is 193 Å². The predicted molar refractivity (Wildman–Crippen MR) is 214 cm³/mol. The van der Waals surface area contributed by atoms with Gasteiger partial charge in [0.25, 0.3) is 0 Å². The molecule has 14 heteroatoms. The molecule has 1 fully saturated rings. The van der Waals surface area contributed by atoms with Crippen LogP contribution in [0, 0.1) is 6.08 Å². The molecule has 1 amide bonds. The van der Waals surface area contributed by atoms with Crippen molar-refractivity contribution in [1.82, 2.24) is 19.5 Å². The number of hydrogen-bond donors (Lipinski definition) is 1. The van der Waals surface area contributed by atoms with Crippen LogP contribution in [0.2, 0.25) is 36.3 Å². The van der Waals surface area contributed by atoms with E-state index in [1.165, 1.54) is 38.5 Å². The maximum Gasteiger partial charge on any atom is 0.312 e. The zero-order chi connectivity index (χ0) is 39.7. The van der Waals surface area contributed by atoms with E-state index in [-0.39, 0.29) is 58.1 Å². The molecule has 3 heterocycles. The van der Waals surface area contributed by atoms with Crippen LogP contribution in [0.5, 0.6) is 0 Å². The standard InChI is InChI=1S/C39H70FN5O6Si2/c1-13-14-15-16-17-18-19-20-21-24-32(47)48-25-22-23-30(46)42-34-33-35(44-36(40)43-34)45(28-41-33)31-26-29(51-53(11,12)38(5,6)7)39(8,50-31)27-49-52(9,10)37(2,3)4/h28-29,31H,13-27H2,1-12H3,(H,42,43,44,46)/t29?,31-,39-/m1/s1. The first kappa shape index (κ1) is 45.1. The summed E-state index contributed by atoms with van der Waals surface area (Å²) in [5.41, 5.74) is -0.320. The van der Waals surface area contributed by atoms with Crippen LogP contribution < -0.4 is 5.32 Å². The SMILES string of the molecule is CCCCCCCCCCCC(=O)OCCCC(=O)Nc1nc(F)nc2c1ncn2[C@H]1CC(O[Si](C)(C)C(C)(C)C)[C@@](C)(CO[Si](C)(C)C(C)(C)C)O1. The summed E-state index contributed by atoms with van der Waals surface area (Å²) in [5.74, 6) is -0.647. The number of imidazole rings is 1. The second-order valence-corrected chi connectivity index (χ2v) is 27.7. The quantitative estimate of drug-likeness (QED) is 0.0570. The number of halogens is 1. The summed E-state index contributed by atoms with van der Waals surface area (Å²) in [6.07, 6.45) is 11.6. The molecule has 3 atom stereocenters. The van der Waals surface area contributed by atoms with Gasteiger partial charge in [-0.3, -0.25) is 14.2 Å². The zero-order valence-corrected chi connectivity index (χ0v) is 37.0. The molecule has 53 heavy (non-hydrogen) atoms. The van der Waals surface area contributed by atoms with Crippen LogP contribution in [0.4, 0.5) is 10.2 Å². The maximum absolute atomic E-state index is 14.9. The largest absolute Gasteiger partial charge is 0.466 e. The second kappa shape index (κ2) is 19.1. The molecule has 302 valence electrons. The highest BCUT2D eigenvalue weighted by molar-refractivity contribution is 6.74. The van der Waals surface area contributed by atoms with E-state index in [4.69, 9.17) is 18.3 Å². The smallest absolute Gasteiger partial charge is 0.312 e. The van der Waals surface area contributed by atoms with Gasteiger partial charge in [-0.25, -0.2) is 4.98 Å². The Bertz CT molecular complexity index is 1490. The van der Waals surface area contributed by atoms with Gasteiger partial charge in [0.1, 0.15) is 11.8 Å². The lowest BCUT2D eigenvalue weighted by Crippen LogP contribution is -2.53. The number of aromatic nitrogens is 4. The van der Waals surface area contributed by atoms with E-state index in [0.29, 0.717) is 25.9 Å². The summed E-state index contributed by atoms with van der Waals surface area (Å²) < 4.78 is 42.5. The summed E-state index contributed by atoms with van der Waals surface area (Å²) in [6, 6.07) is 0. The van der Waals surface area contributed by atoms with Crippen LogP contribution in [0.25, 0.3) is 11.2 Å². The average Bonchev–Trinajstić information content (AvgIpc) is 3.61. The van der Waals surface area contributed by atoms with Gasteiger partial charge in [0.2, 0.25) is 5.91 Å². The topological polar surface area (TPSA) is 127 Å². The van der Waals surface area contributed by atoms with Crippen molar-refractivity contribution in [3.63, 3.8) is 0 Å². The van der Waals surface area contributed by atoms with Gasteiger partial charge < -0.3 is 23.6 Å². The lowest BCUT2D eigenvalue weighted by molar-refractivity contribution is -0.144. The van der Waals surface area contributed by atoms with Gasteiger partial charge in [-0.2, -0.15) is 14.4 Å². The lowest BCUT2D eigenvalue weighted by atomic mass is 10.0. The number of ether oxygens (including phenoxy) is 2. The second-order valence-electron chi connectivity index (χ2n) is 18.2. The molecule has 11 nitrogen and oxygen atoms in total. The minimum absolute atomic E-state index is 0.0177. The van der Waals surface area contributed by atoms with Crippen LogP contribution in [0.3, 0.4) is 0 Å². The van der Waals surface area contributed by atoms with E-state index >= 15 is 0 Å². The first-order chi connectivity index (χ1) is 24.6. The molecular weight excluding hydrogens is 710 g/mol. The summed E-state index contributed by atoms with van der Waals surface area (Å²) in [4.78, 5) is 37.5. The van der Waals surface area contributed by atoms with Gasteiger partial charge in [-0.15, -0.1) is 0 Å². The van der Waals surface area contributed by atoms with Crippen molar-refractivity contribution in [2.75, 3.05) is 18.5 Å². The number of unbranched alkanes of at least 4 members (excludes halogenated alkanes) is 8. The van der Waals surface area contributed by atoms with Crippen molar-refractivity contribution in [1.29, 1.82) is 0 Å². The molecule has 2 aromatic rings. The summed E-state index contributed by atoms with van der Waals surface area (Å²) in [5, 5.41) is 2.69. The Morgan fingerprint density at radius 1 is 0.925 bits per heavy atom. The highest BCUT2D eigenvalue weighted by Gasteiger charge is 2.52. The van der Waals surface area contributed by atoms with E-state index in [1.54, 1.807) is 10.9 Å². The van der Waals surface area contributed by atoms with Crippen molar-refractivity contribution in [3.05, 3.63) is 12.4 Å². The zero-order valence-electron chi connectivity index (χ0n) is 35.0. The number of amides is 1. The van der Waals surface area contributed by atoms with Crippen LogP contribution in [0.15, 0.2) is 6.33 Å². The first-order valence-corrected chi connectivity index (χ1v) is 25.8. The van der Waals surface area contributed by atoms with Crippen LogP contribution in [-0.4, -0.2) is 72.9 Å². The molecule has 1 aliphatic rings. The Labute approximate surface area is 320 Å². The van der Waals surface area contributed by atoms with Crippen molar-refractivity contribution < 1.29 is 32.3 Å². The van der Waals surface area contributed by atoms with Crippen molar-refractivity contribution >= 4 is 45.5 Å². The van der Waals surface area contributed by atoms with E-state index < -0.39 is 34.5 Å². The molecule has 0 aromatic carbocycles. The monoisotopic (exact) mass is 779 g/mol. The molecule has 0 aliphatic carbocycles. The van der Waals surface area contributed by atoms with Gasteiger partial charge in [0.15, 0.2) is 33.6 Å². The Balaban J connectivity index is 1.62. The third-order valence-corrected chi connectivity index (χ3v) is 20.5. The van der Waals surface area contributed by atoms with E-state index in [0.717, 1.165) is 19.3 Å². The molecule has 0 spiro atoms. The summed E-state index contributed by atoms with van der Waals surface area (Å²) in [7, 11) is -4.34. The highest BCUT2D eigenvalue weighted by Crippen LogP contribution is 2.46. The number of nitrogens with zero attached hydrogens (tertiary/aromatic N) is 4. The molecule has 1 saturated heterocycles. The normalized spacial score (nSPS) is 19.9. The fourth-order valence-electron chi connectivity index (χ4n) is 5.86. The fourth-order valence-corrected chi connectivity index (χ4v) is 8.35. The molecule has 0 saturated carbocycles. The number of anilines is 1. The fraction of sp³-hybridized carbons (Fsp3) is 0.821. The Hall–Kier alpha value is -2.27. The number of hydrogen-bond acceptors (Lipinski definition) is 9. The number of nitrogens with one attached hydrogen (secondary N) is 1. The van der Waals surface area contributed by atoms with Crippen LogP contribution in [-0.2, 0) is 27.9 Å². The molecule has 1 N–H and O–H groups in total. The highest BCUT2D eigenvalue weighted by atomic mass is 28.4. The summed E-state index contributed by atoms with van der Waals surface area (Å²) >= 11 is 0. The Morgan fingerprint density at radius 3 is 2.13 bits per heavy atom. The lowest BCUT2D eigenvalue weighted by Gasteiger charge is -2.43. The van der Waals surface area contributed by atoms with Crippen LogP contribution >= 0.6 is 0 Å². The Kier molecular flexibility index (Phi) is 16.2. The summed E-state index contributed by atoms with van der Waals surface area (Å²) in [6.45, 7) is 26.9. The van der Waals surface area contributed by atoms with Gasteiger partial charge in [-0.05, 0) is 56.0 Å². The van der Waals surface area contributed by atoms with Gasteiger partial charge in [0, 0.05) is 19.3 Å². The van der Waals surface area contributed by atoms with E-state index in [9.17, 15) is 14.0 Å². The number of carbonyl (C=O) groups excluding carboxylic acids is 2. The minimum Gasteiger partial charge on any atom is -0.466 e. The average molecular weight is 780 g/mol. The van der Waals surface area contributed by atoms with Crippen molar-refractivity contribution in [3.8, 4) is 0 Å². The molecule has 0 bridgehead atoms. The third-order valence-electron chi connectivity index (χ3n) is 11.5. The maximum atomic E-state index is 14.9. The predicted octanol–water partition coefficient (Wildman–Crippen LogP) is 10.2. The van der Waals surface area contributed by atoms with Gasteiger partial charge in [-0.1, -0.05) is 99.8 Å². The van der Waals surface area contributed by atoms with E-state index in [1.807, 2.05) is 6.92 Å². The van der Waals surface area contributed by atoms with Gasteiger partial charge >= 0.3 is 12.0 Å². The third kappa shape index (κ3) is 12.9. The molecular formula is C39H70FN5O6Si2. The van der Waals surface area contributed by atoms with Crippen molar-refractivity contribution in [2.24, 2.45) is 0 Å².